The Hall–Kier alpha value is -2.87. The number of nitrogens with zero attached hydrogens (tertiary/aromatic N) is 1. The Labute approximate surface area is 206 Å². The molecule has 2 N–H and O–H groups in total. The highest BCUT2D eigenvalue weighted by Crippen LogP contribution is 2.27. The number of thiocarbonyl (C=S) groups is 1. The standard InChI is InChI=1S/C25H22ClN3O2S2/c1-15(2)17-5-12-22-21(13-17)28-24(31-22)16-3-8-19(9-4-16)27-25(32)29-23(30)14-33-20-10-6-18(26)7-11-20/h3-13,15H,14H2,1-2H3,(H2,27,29,30,32). The van der Waals surface area contributed by atoms with Gasteiger partial charge < -0.3 is 15.1 Å². The summed E-state index contributed by atoms with van der Waals surface area (Å²) in [5.74, 6) is 1.06. The zero-order valence-corrected chi connectivity index (χ0v) is 20.5. The largest absolute Gasteiger partial charge is 0.436 e. The molecule has 3 aromatic carbocycles. The number of thioether (sulfide) groups is 1. The third-order valence-electron chi connectivity index (χ3n) is 4.90. The van der Waals surface area contributed by atoms with Gasteiger partial charge in [-0.25, -0.2) is 4.98 Å². The molecule has 4 aromatic rings. The number of carbonyl (C=O) groups excluding carboxylic acids is 1. The van der Waals surface area contributed by atoms with Gasteiger partial charge in [-0.05, 0) is 84.4 Å². The molecule has 0 aliphatic carbocycles. The SMILES string of the molecule is CC(C)c1ccc2oc(-c3ccc(NC(=S)NC(=O)CSc4ccc(Cl)cc4)cc3)nc2c1. The lowest BCUT2D eigenvalue weighted by molar-refractivity contribution is -0.117. The minimum Gasteiger partial charge on any atom is -0.436 e. The first-order chi connectivity index (χ1) is 15.9. The molecule has 168 valence electrons. The summed E-state index contributed by atoms with van der Waals surface area (Å²) in [7, 11) is 0. The lowest BCUT2D eigenvalue weighted by Gasteiger charge is -2.10. The zero-order chi connectivity index (χ0) is 23.4. The van der Waals surface area contributed by atoms with Crippen molar-refractivity contribution in [2.24, 2.45) is 0 Å². The topological polar surface area (TPSA) is 67.2 Å². The molecule has 0 saturated carbocycles. The summed E-state index contributed by atoms with van der Waals surface area (Å²) in [6.07, 6.45) is 0. The van der Waals surface area contributed by atoms with Crippen molar-refractivity contribution >= 4 is 63.4 Å². The summed E-state index contributed by atoms with van der Waals surface area (Å²) in [5.41, 5.74) is 4.45. The molecule has 8 heteroatoms. The monoisotopic (exact) mass is 495 g/mol. The van der Waals surface area contributed by atoms with E-state index in [9.17, 15) is 4.79 Å². The Bertz CT molecular complexity index is 1290. The quantitative estimate of drug-likeness (QED) is 0.224. The number of hydrogen-bond acceptors (Lipinski definition) is 5. The van der Waals surface area contributed by atoms with Crippen molar-refractivity contribution in [1.29, 1.82) is 0 Å². The molecule has 1 heterocycles. The minimum absolute atomic E-state index is 0.184. The number of oxazole rings is 1. The number of anilines is 1. The van der Waals surface area contributed by atoms with Crippen molar-refractivity contribution in [3.05, 3.63) is 77.3 Å². The van der Waals surface area contributed by atoms with Gasteiger partial charge in [-0.3, -0.25) is 4.79 Å². The third kappa shape index (κ3) is 6.13. The molecular weight excluding hydrogens is 474 g/mol. The van der Waals surface area contributed by atoms with Gasteiger partial charge in [0.1, 0.15) is 5.52 Å². The van der Waals surface area contributed by atoms with Gasteiger partial charge in [0.05, 0.1) is 5.75 Å². The molecule has 1 aromatic heterocycles. The van der Waals surface area contributed by atoms with Gasteiger partial charge in [0, 0.05) is 21.2 Å². The first kappa shape index (κ1) is 23.3. The van der Waals surface area contributed by atoms with Crippen LogP contribution in [0.1, 0.15) is 25.3 Å². The van der Waals surface area contributed by atoms with Crippen LogP contribution in [0.4, 0.5) is 5.69 Å². The van der Waals surface area contributed by atoms with E-state index < -0.39 is 0 Å². The highest BCUT2D eigenvalue weighted by molar-refractivity contribution is 8.00. The third-order valence-corrected chi connectivity index (χ3v) is 6.37. The van der Waals surface area contributed by atoms with E-state index in [0.717, 1.165) is 27.2 Å². The van der Waals surface area contributed by atoms with Crippen molar-refractivity contribution in [2.45, 2.75) is 24.7 Å². The second kappa shape index (κ2) is 10.4. The Morgan fingerprint density at radius 2 is 1.82 bits per heavy atom. The summed E-state index contributed by atoms with van der Waals surface area (Å²) in [6.45, 7) is 4.30. The fourth-order valence-corrected chi connectivity index (χ4v) is 4.18. The smallest absolute Gasteiger partial charge is 0.236 e. The Balaban J connectivity index is 1.33. The van der Waals surface area contributed by atoms with Gasteiger partial charge in [0.25, 0.3) is 0 Å². The van der Waals surface area contributed by atoms with Crippen LogP contribution in [0.25, 0.3) is 22.6 Å². The summed E-state index contributed by atoms with van der Waals surface area (Å²) in [4.78, 5) is 17.8. The van der Waals surface area contributed by atoms with Crippen LogP contribution >= 0.6 is 35.6 Å². The van der Waals surface area contributed by atoms with Gasteiger partial charge in [0.15, 0.2) is 10.7 Å². The molecule has 4 rings (SSSR count). The molecule has 0 radical (unpaired) electrons. The normalized spacial score (nSPS) is 11.0. The summed E-state index contributed by atoms with van der Waals surface area (Å²) >= 11 is 12.6. The van der Waals surface area contributed by atoms with Gasteiger partial charge in [-0.2, -0.15) is 0 Å². The molecule has 5 nitrogen and oxygen atoms in total. The lowest BCUT2D eigenvalue weighted by atomic mass is 10.0. The number of nitrogens with one attached hydrogen (secondary N) is 2. The predicted octanol–water partition coefficient (Wildman–Crippen LogP) is 6.88. The molecule has 0 saturated heterocycles. The number of rotatable bonds is 6. The first-order valence-corrected chi connectivity index (χ1v) is 12.1. The fraction of sp³-hybridized carbons (Fsp3) is 0.160. The van der Waals surface area contributed by atoms with Crippen LogP contribution in [0.3, 0.4) is 0 Å². The fourth-order valence-electron chi connectivity index (χ4n) is 3.13. The van der Waals surface area contributed by atoms with Crippen LogP contribution < -0.4 is 10.6 Å². The van der Waals surface area contributed by atoms with Gasteiger partial charge >= 0.3 is 0 Å². The van der Waals surface area contributed by atoms with Gasteiger partial charge in [0.2, 0.25) is 11.8 Å². The summed E-state index contributed by atoms with van der Waals surface area (Å²) < 4.78 is 5.91. The molecule has 0 fully saturated rings. The van der Waals surface area contributed by atoms with Crippen molar-refractivity contribution < 1.29 is 9.21 Å². The van der Waals surface area contributed by atoms with E-state index >= 15 is 0 Å². The van der Waals surface area contributed by atoms with Gasteiger partial charge in [-0.15, -0.1) is 11.8 Å². The van der Waals surface area contributed by atoms with Crippen LogP contribution in [0, 0.1) is 0 Å². The van der Waals surface area contributed by atoms with Crippen molar-refractivity contribution in [3.63, 3.8) is 0 Å². The van der Waals surface area contributed by atoms with Crippen LogP contribution in [-0.4, -0.2) is 21.8 Å². The molecule has 0 spiro atoms. The molecule has 0 atom stereocenters. The molecule has 33 heavy (non-hydrogen) atoms. The average molecular weight is 496 g/mol. The number of hydrogen-bond donors (Lipinski definition) is 2. The number of amides is 1. The van der Waals surface area contributed by atoms with E-state index in [2.05, 4.69) is 41.6 Å². The van der Waals surface area contributed by atoms with Crippen LogP contribution in [0.2, 0.25) is 5.02 Å². The second-order valence-corrected chi connectivity index (χ2v) is 9.62. The molecule has 0 aliphatic heterocycles. The maximum Gasteiger partial charge on any atom is 0.236 e. The second-order valence-electron chi connectivity index (χ2n) is 7.72. The van der Waals surface area contributed by atoms with E-state index in [1.807, 2.05) is 42.5 Å². The zero-order valence-electron chi connectivity index (χ0n) is 18.1. The van der Waals surface area contributed by atoms with E-state index in [-0.39, 0.29) is 16.8 Å². The molecule has 1 amide bonds. The lowest BCUT2D eigenvalue weighted by Crippen LogP contribution is -2.35. The number of carbonyl (C=O) groups is 1. The van der Waals surface area contributed by atoms with Crippen LogP contribution in [-0.2, 0) is 4.79 Å². The minimum atomic E-state index is -0.184. The number of benzene rings is 3. The maximum absolute atomic E-state index is 12.2. The average Bonchev–Trinajstić information content (AvgIpc) is 3.22. The van der Waals surface area contributed by atoms with E-state index in [4.69, 9.17) is 28.2 Å². The molecular formula is C25H22ClN3O2S2. The number of aromatic nitrogens is 1. The maximum atomic E-state index is 12.2. The Kier molecular flexibility index (Phi) is 7.33. The number of fused-ring (bicyclic) bond motifs is 1. The van der Waals surface area contributed by atoms with E-state index in [1.165, 1.54) is 17.3 Å². The van der Waals surface area contributed by atoms with Crippen molar-refractivity contribution in [2.75, 3.05) is 11.1 Å². The van der Waals surface area contributed by atoms with Crippen LogP contribution in [0.5, 0.6) is 0 Å². The van der Waals surface area contributed by atoms with Crippen LogP contribution in [0.15, 0.2) is 76.0 Å². The van der Waals surface area contributed by atoms with Gasteiger partial charge in [-0.1, -0.05) is 31.5 Å². The highest BCUT2D eigenvalue weighted by atomic mass is 35.5. The molecule has 0 unspecified atom stereocenters. The Morgan fingerprint density at radius 1 is 1.09 bits per heavy atom. The summed E-state index contributed by atoms with van der Waals surface area (Å²) in [6, 6.07) is 21.0. The number of halogens is 1. The highest BCUT2D eigenvalue weighted by Gasteiger charge is 2.11. The van der Waals surface area contributed by atoms with E-state index in [0.29, 0.717) is 16.8 Å². The molecule has 0 aliphatic rings. The molecule has 0 bridgehead atoms. The predicted molar refractivity (Wildman–Crippen MR) is 140 cm³/mol. The summed E-state index contributed by atoms with van der Waals surface area (Å²) in [5, 5.41) is 6.62. The van der Waals surface area contributed by atoms with E-state index in [1.54, 1.807) is 12.1 Å². The van der Waals surface area contributed by atoms with Crippen molar-refractivity contribution in [1.82, 2.24) is 10.3 Å². The van der Waals surface area contributed by atoms with Crippen molar-refractivity contribution in [3.8, 4) is 11.5 Å². The first-order valence-electron chi connectivity index (χ1n) is 10.4. The Morgan fingerprint density at radius 3 is 2.52 bits per heavy atom.